The predicted octanol–water partition coefficient (Wildman–Crippen LogP) is 1.77. The number of carbonyl (C=O) groups excluding carboxylic acids is 1. The van der Waals surface area contributed by atoms with E-state index in [4.69, 9.17) is 17.3 Å². The first-order valence-electron chi connectivity index (χ1n) is 4.08. The van der Waals surface area contributed by atoms with Crippen LogP contribution in [0.25, 0.3) is 0 Å². The smallest absolute Gasteiger partial charge is 0.225 e. The average Bonchev–Trinajstić information content (AvgIpc) is 2.10. The zero-order valence-corrected chi connectivity index (χ0v) is 8.14. The Labute approximate surface area is 86.0 Å². The predicted molar refractivity (Wildman–Crippen MR) is 53.7 cm³/mol. The molecule has 14 heavy (non-hydrogen) atoms. The summed E-state index contributed by atoms with van der Waals surface area (Å²) in [5.41, 5.74) is 5.29. The lowest BCUT2D eigenvalue weighted by Crippen LogP contribution is -2.16. The molecule has 0 radical (unpaired) electrons. The molecule has 0 atom stereocenters. The maximum atomic E-state index is 13.1. The van der Waals surface area contributed by atoms with Gasteiger partial charge < -0.3 is 11.1 Å². The molecule has 76 valence electrons. The highest BCUT2D eigenvalue weighted by Gasteiger charge is 2.06. The second-order valence-corrected chi connectivity index (χ2v) is 3.15. The van der Waals surface area contributed by atoms with Crippen LogP contribution in [0.5, 0.6) is 0 Å². The normalized spacial score (nSPS) is 9.93. The molecule has 0 spiro atoms. The van der Waals surface area contributed by atoms with Crippen LogP contribution in [-0.4, -0.2) is 12.5 Å². The van der Waals surface area contributed by atoms with E-state index in [9.17, 15) is 9.18 Å². The van der Waals surface area contributed by atoms with Crippen LogP contribution >= 0.6 is 11.6 Å². The lowest BCUT2D eigenvalue weighted by molar-refractivity contribution is -0.116. The molecular weight excluding hydrogens is 207 g/mol. The Morgan fingerprint density at radius 2 is 2.29 bits per heavy atom. The first-order valence-corrected chi connectivity index (χ1v) is 4.46. The van der Waals surface area contributed by atoms with Crippen LogP contribution in [-0.2, 0) is 4.79 Å². The van der Waals surface area contributed by atoms with Gasteiger partial charge in [-0.1, -0.05) is 11.6 Å². The van der Waals surface area contributed by atoms with Gasteiger partial charge in [0.15, 0.2) is 0 Å². The van der Waals surface area contributed by atoms with Crippen LogP contribution in [0.3, 0.4) is 0 Å². The number of amides is 1. The summed E-state index contributed by atoms with van der Waals surface area (Å²) in [5.74, 6) is -0.864. The molecule has 3 N–H and O–H groups in total. The summed E-state index contributed by atoms with van der Waals surface area (Å²) in [4.78, 5) is 11.1. The highest BCUT2D eigenvalue weighted by atomic mass is 35.5. The van der Waals surface area contributed by atoms with Gasteiger partial charge in [0.1, 0.15) is 5.82 Å². The van der Waals surface area contributed by atoms with Gasteiger partial charge in [0.2, 0.25) is 5.91 Å². The van der Waals surface area contributed by atoms with E-state index < -0.39 is 5.82 Å². The molecule has 0 unspecified atom stereocenters. The number of nitrogens with two attached hydrogens (primary N) is 1. The third-order valence-electron chi connectivity index (χ3n) is 1.58. The highest BCUT2D eigenvalue weighted by molar-refractivity contribution is 6.30. The van der Waals surface area contributed by atoms with Crippen molar-refractivity contribution in [2.24, 2.45) is 5.73 Å². The Morgan fingerprint density at radius 1 is 1.57 bits per heavy atom. The number of rotatable bonds is 3. The molecule has 0 aliphatic heterocycles. The van der Waals surface area contributed by atoms with Crippen LogP contribution < -0.4 is 11.1 Å². The zero-order valence-electron chi connectivity index (χ0n) is 7.39. The lowest BCUT2D eigenvalue weighted by atomic mass is 10.3. The Bertz CT molecular complexity index is 344. The summed E-state index contributed by atoms with van der Waals surface area (Å²) in [6.07, 6.45) is 0.169. The minimum Gasteiger partial charge on any atom is -0.330 e. The molecule has 0 saturated heterocycles. The molecule has 1 aromatic rings. The highest BCUT2D eigenvalue weighted by Crippen LogP contribution is 2.18. The van der Waals surface area contributed by atoms with E-state index in [2.05, 4.69) is 5.32 Å². The van der Waals surface area contributed by atoms with Crippen molar-refractivity contribution in [1.82, 2.24) is 0 Å². The molecule has 3 nitrogen and oxygen atoms in total. The molecule has 1 amide bonds. The fourth-order valence-electron chi connectivity index (χ4n) is 0.935. The van der Waals surface area contributed by atoms with Crippen molar-refractivity contribution in [1.29, 1.82) is 0 Å². The van der Waals surface area contributed by atoms with E-state index in [1.807, 2.05) is 0 Å². The molecular formula is C9H10ClFN2O. The van der Waals surface area contributed by atoms with Crippen molar-refractivity contribution in [2.75, 3.05) is 11.9 Å². The number of nitrogens with one attached hydrogen (secondary N) is 1. The second kappa shape index (κ2) is 4.93. The molecule has 0 heterocycles. The third-order valence-corrected chi connectivity index (χ3v) is 1.81. The number of carbonyl (C=O) groups is 1. The Hall–Kier alpha value is -1.13. The van der Waals surface area contributed by atoms with E-state index in [1.165, 1.54) is 12.1 Å². The zero-order chi connectivity index (χ0) is 10.6. The average molecular weight is 217 g/mol. The maximum Gasteiger partial charge on any atom is 0.225 e. The van der Waals surface area contributed by atoms with E-state index in [0.29, 0.717) is 5.02 Å². The number of hydrogen-bond donors (Lipinski definition) is 2. The van der Waals surface area contributed by atoms with Gasteiger partial charge in [0.25, 0.3) is 0 Å². The quantitative estimate of drug-likeness (QED) is 0.809. The first kappa shape index (κ1) is 10.9. The molecule has 1 rings (SSSR count). The fourth-order valence-corrected chi connectivity index (χ4v) is 1.09. The van der Waals surface area contributed by atoms with Gasteiger partial charge in [-0.25, -0.2) is 4.39 Å². The standard InChI is InChI=1S/C9H10ClFN2O/c10-6-1-2-8(7(11)5-6)13-9(14)3-4-12/h1-2,5H,3-4,12H2,(H,13,14). The molecule has 1 aromatic carbocycles. The number of anilines is 1. The van der Waals surface area contributed by atoms with Gasteiger partial charge in [-0.15, -0.1) is 0 Å². The van der Waals surface area contributed by atoms with Gasteiger partial charge in [-0.2, -0.15) is 0 Å². The molecule has 0 fully saturated rings. The minimum absolute atomic E-state index is 0.118. The molecule has 0 saturated carbocycles. The minimum atomic E-state index is -0.553. The van der Waals surface area contributed by atoms with Crippen molar-refractivity contribution in [3.63, 3.8) is 0 Å². The summed E-state index contributed by atoms with van der Waals surface area (Å²) < 4.78 is 13.1. The SMILES string of the molecule is NCCC(=O)Nc1ccc(Cl)cc1F. The van der Waals surface area contributed by atoms with Gasteiger partial charge >= 0.3 is 0 Å². The fraction of sp³-hybridized carbons (Fsp3) is 0.222. The molecule has 0 bridgehead atoms. The van der Waals surface area contributed by atoms with E-state index in [1.54, 1.807) is 0 Å². The largest absolute Gasteiger partial charge is 0.330 e. The van der Waals surface area contributed by atoms with Crippen molar-refractivity contribution in [2.45, 2.75) is 6.42 Å². The Morgan fingerprint density at radius 3 is 2.86 bits per heavy atom. The third kappa shape index (κ3) is 2.97. The maximum absolute atomic E-state index is 13.1. The summed E-state index contributed by atoms with van der Waals surface area (Å²) in [6, 6.07) is 4.05. The Kier molecular flexibility index (Phi) is 3.85. The van der Waals surface area contributed by atoms with Crippen molar-refractivity contribution in [3.8, 4) is 0 Å². The van der Waals surface area contributed by atoms with E-state index >= 15 is 0 Å². The van der Waals surface area contributed by atoms with Crippen LogP contribution in [0, 0.1) is 5.82 Å². The van der Waals surface area contributed by atoms with Gasteiger partial charge in [-0.05, 0) is 18.2 Å². The van der Waals surface area contributed by atoms with Gasteiger partial charge in [-0.3, -0.25) is 4.79 Å². The second-order valence-electron chi connectivity index (χ2n) is 2.71. The summed E-state index contributed by atoms with van der Waals surface area (Å²) in [7, 11) is 0. The molecule has 0 aliphatic rings. The van der Waals surface area contributed by atoms with Crippen LogP contribution in [0.1, 0.15) is 6.42 Å². The number of hydrogen-bond acceptors (Lipinski definition) is 2. The topological polar surface area (TPSA) is 55.1 Å². The summed E-state index contributed by atoms with van der Waals surface area (Å²) in [5, 5.41) is 2.68. The molecule has 0 aromatic heterocycles. The number of halogens is 2. The number of benzene rings is 1. The van der Waals surface area contributed by atoms with Crippen molar-refractivity contribution >= 4 is 23.2 Å². The van der Waals surface area contributed by atoms with Crippen molar-refractivity contribution < 1.29 is 9.18 Å². The van der Waals surface area contributed by atoms with Gasteiger partial charge in [0.05, 0.1) is 5.69 Å². The Balaban J connectivity index is 2.72. The first-order chi connectivity index (χ1) is 6.63. The monoisotopic (exact) mass is 216 g/mol. The molecule has 5 heteroatoms. The summed E-state index contributed by atoms with van der Waals surface area (Å²) >= 11 is 5.54. The van der Waals surface area contributed by atoms with Crippen LogP contribution in [0.15, 0.2) is 18.2 Å². The van der Waals surface area contributed by atoms with Crippen molar-refractivity contribution in [3.05, 3.63) is 29.0 Å². The van der Waals surface area contributed by atoms with Crippen LogP contribution in [0.4, 0.5) is 10.1 Å². The lowest BCUT2D eigenvalue weighted by Gasteiger charge is -2.05. The molecule has 0 aliphatic carbocycles. The van der Waals surface area contributed by atoms with E-state index in [0.717, 1.165) is 6.07 Å². The van der Waals surface area contributed by atoms with E-state index in [-0.39, 0.29) is 24.6 Å². The van der Waals surface area contributed by atoms with Crippen LogP contribution in [0.2, 0.25) is 5.02 Å². The summed E-state index contributed by atoms with van der Waals surface area (Å²) in [6.45, 7) is 0.237. The van der Waals surface area contributed by atoms with Gasteiger partial charge in [0, 0.05) is 18.0 Å².